The number of allylic oxidation sites excluding steroid dienone is 1. The van der Waals surface area contributed by atoms with Gasteiger partial charge >= 0.3 is 5.97 Å². The van der Waals surface area contributed by atoms with Crippen LogP contribution in [0.4, 0.5) is 5.69 Å². The van der Waals surface area contributed by atoms with E-state index in [0.29, 0.717) is 37.2 Å². The third kappa shape index (κ3) is 7.50. The van der Waals surface area contributed by atoms with Crippen LogP contribution in [0.5, 0.6) is 5.75 Å². The molecule has 1 unspecified atom stereocenters. The summed E-state index contributed by atoms with van der Waals surface area (Å²) < 4.78 is 40.4. The van der Waals surface area contributed by atoms with Crippen LogP contribution in [0, 0.1) is 17.8 Å². The van der Waals surface area contributed by atoms with Crippen molar-refractivity contribution in [1.29, 1.82) is 0 Å². The summed E-state index contributed by atoms with van der Waals surface area (Å²) in [5.74, 6) is -0.965. The number of hydrogen-bond acceptors (Lipinski definition) is 8. The molecule has 1 saturated carbocycles. The SMILES string of the molecule is COC(=O)c1cc(C(=O)NS2(=O)=NC(=O)c3ccc4c(c3)N(C[C@@H]3CC[C@H]3[C@@H](OC)/C=C\C[C@H](C)C2)C[C@@]2(CCCc3cc(Cl)ccc32)CO4)cn1C. The molecule has 0 radical (unpaired) electrons. The summed E-state index contributed by atoms with van der Waals surface area (Å²) >= 11 is 6.46. The predicted octanol–water partition coefficient (Wildman–Crippen LogP) is 6.53. The molecule has 3 heterocycles. The van der Waals surface area contributed by atoms with Gasteiger partial charge in [-0.2, -0.15) is 0 Å². The van der Waals surface area contributed by atoms with Gasteiger partial charge in [0.1, 0.15) is 21.4 Å². The zero-order valence-electron chi connectivity index (χ0n) is 30.6. The van der Waals surface area contributed by atoms with Gasteiger partial charge in [-0.05, 0) is 104 Å². The van der Waals surface area contributed by atoms with Gasteiger partial charge in [-0.3, -0.25) is 14.3 Å². The Balaban J connectivity index is 1.29. The largest absolute Gasteiger partial charge is 0.490 e. The van der Waals surface area contributed by atoms with E-state index in [9.17, 15) is 18.6 Å². The van der Waals surface area contributed by atoms with Crippen LogP contribution in [0.2, 0.25) is 5.02 Å². The topological polar surface area (TPSA) is 129 Å². The van der Waals surface area contributed by atoms with Crippen molar-refractivity contribution < 1.29 is 32.8 Å². The summed E-state index contributed by atoms with van der Waals surface area (Å²) in [6.07, 6.45) is 11.1. The third-order valence-corrected chi connectivity index (χ3v) is 13.6. The Hall–Kier alpha value is -4.13. The molecule has 2 bridgehead atoms. The fraction of sp³-hybridized carbons (Fsp3) is 0.475. The van der Waals surface area contributed by atoms with Crippen LogP contribution in [0.3, 0.4) is 0 Å². The summed E-state index contributed by atoms with van der Waals surface area (Å²) in [6, 6.07) is 12.8. The Kier molecular flexibility index (Phi) is 10.5. The number of aryl methyl sites for hydroxylation is 2. The molecule has 2 aliphatic carbocycles. The Morgan fingerprint density at radius 1 is 1.13 bits per heavy atom. The van der Waals surface area contributed by atoms with Gasteiger partial charge in [0.2, 0.25) is 0 Å². The van der Waals surface area contributed by atoms with Gasteiger partial charge in [-0.15, -0.1) is 4.36 Å². The zero-order chi connectivity index (χ0) is 37.5. The number of halogens is 1. The predicted molar refractivity (Wildman–Crippen MR) is 204 cm³/mol. The highest BCUT2D eigenvalue weighted by molar-refractivity contribution is 7.92. The van der Waals surface area contributed by atoms with Crippen molar-refractivity contribution in [3.05, 3.63) is 93.8 Å². The number of aromatic nitrogens is 1. The smallest absolute Gasteiger partial charge is 0.354 e. The fourth-order valence-electron chi connectivity index (χ4n) is 8.57. The number of carbonyl (C=O) groups is 3. The Morgan fingerprint density at radius 2 is 1.96 bits per heavy atom. The minimum absolute atomic E-state index is 0.0681. The fourth-order valence-corrected chi connectivity index (χ4v) is 10.7. The van der Waals surface area contributed by atoms with Gasteiger partial charge in [0, 0.05) is 49.4 Å². The average Bonchev–Trinajstić information content (AvgIpc) is 3.44. The molecule has 2 amide bonds. The number of esters is 1. The Morgan fingerprint density at radius 3 is 2.72 bits per heavy atom. The van der Waals surface area contributed by atoms with E-state index in [-0.39, 0.29) is 40.0 Å². The lowest BCUT2D eigenvalue weighted by molar-refractivity contribution is 0.0131. The van der Waals surface area contributed by atoms with E-state index in [1.807, 2.05) is 19.1 Å². The normalized spacial score (nSPS) is 29.0. The molecule has 4 aliphatic rings. The van der Waals surface area contributed by atoms with Crippen molar-refractivity contribution in [1.82, 2.24) is 9.29 Å². The number of fused-ring (bicyclic) bond motifs is 4. The number of methoxy groups -OCH3 is 2. The number of anilines is 1. The van der Waals surface area contributed by atoms with Crippen LogP contribution in [0.25, 0.3) is 0 Å². The lowest BCUT2D eigenvalue weighted by Crippen LogP contribution is -2.49. The number of ether oxygens (including phenoxy) is 3. The zero-order valence-corrected chi connectivity index (χ0v) is 32.2. The van der Waals surface area contributed by atoms with E-state index in [1.54, 1.807) is 32.4 Å². The molecule has 53 heavy (non-hydrogen) atoms. The monoisotopic (exact) mass is 762 g/mol. The lowest BCUT2D eigenvalue weighted by atomic mass is 9.68. The van der Waals surface area contributed by atoms with Crippen LogP contribution < -0.4 is 14.4 Å². The molecule has 2 aromatic carbocycles. The molecular formula is C40H47ClN4O7S. The molecule has 282 valence electrons. The van der Waals surface area contributed by atoms with E-state index < -0.39 is 27.7 Å². The van der Waals surface area contributed by atoms with Gasteiger partial charge in [-0.1, -0.05) is 36.7 Å². The molecule has 6 atom stereocenters. The first-order chi connectivity index (χ1) is 25.4. The number of hydrogen-bond donors (Lipinski definition) is 1. The second kappa shape index (κ2) is 14.9. The van der Waals surface area contributed by atoms with Crippen LogP contribution in [-0.2, 0) is 38.3 Å². The van der Waals surface area contributed by atoms with Crippen LogP contribution >= 0.6 is 11.6 Å². The maximum atomic E-state index is 14.6. The minimum atomic E-state index is -3.64. The van der Waals surface area contributed by atoms with Gasteiger partial charge in [-0.25, -0.2) is 9.00 Å². The second-order valence-electron chi connectivity index (χ2n) is 15.1. The summed E-state index contributed by atoms with van der Waals surface area (Å²) in [5, 5.41) is 0.725. The molecule has 1 aromatic heterocycles. The summed E-state index contributed by atoms with van der Waals surface area (Å²) in [6.45, 7) is 3.84. The van der Waals surface area contributed by atoms with E-state index >= 15 is 0 Å². The van der Waals surface area contributed by atoms with Crippen molar-refractivity contribution in [3.8, 4) is 5.75 Å². The summed E-state index contributed by atoms with van der Waals surface area (Å²) in [7, 11) is 0.960. The van der Waals surface area contributed by atoms with Crippen molar-refractivity contribution in [3.63, 3.8) is 0 Å². The van der Waals surface area contributed by atoms with Crippen molar-refractivity contribution in [2.75, 3.05) is 44.6 Å². The first-order valence-corrected chi connectivity index (χ1v) is 20.3. The van der Waals surface area contributed by atoms with Crippen LogP contribution in [0.15, 0.2) is 65.2 Å². The highest BCUT2D eigenvalue weighted by atomic mass is 35.5. The number of benzene rings is 2. The van der Waals surface area contributed by atoms with Crippen LogP contribution in [0.1, 0.15) is 81.4 Å². The molecule has 11 nitrogen and oxygen atoms in total. The van der Waals surface area contributed by atoms with Crippen LogP contribution in [-0.4, -0.2) is 72.3 Å². The number of nitrogens with one attached hydrogen (secondary N) is 1. The van der Waals surface area contributed by atoms with E-state index in [4.69, 9.17) is 25.8 Å². The number of amides is 2. The molecule has 1 spiro atoms. The average molecular weight is 763 g/mol. The standard InChI is InChI=1S/C40H47ClN4O7S/c1-25-7-5-9-35(50-3)31-13-10-28(31)21-45-23-40(16-6-8-26-17-30(41)12-14-32(26)40)24-52-36-15-11-27(18-33(36)45)37(46)42-53(49,22-25)43-38(47)29-19-34(39(48)51-4)44(2)20-29/h5,9,11-12,14-15,17-20,25,28,31,35H,6-8,10,13,16,21-24H2,1-4H3,(H,42,43,46,47,49)/b9-5-/t25-,28-,31+,35-,40-,53?/m0/s1. The molecule has 7 rings (SSSR count). The first kappa shape index (κ1) is 37.2. The maximum absolute atomic E-state index is 14.6. The van der Waals surface area contributed by atoms with Crippen molar-refractivity contribution in [2.24, 2.45) is 29.2 Å². The van der Waals surface area contributed by atoms with Gasteiger partial charge < -0.3 is 23.7 Å². The lowest BCUT2D eigenvalue weighted by Gasteiger charge is -2.46. The highest BCUT2D eigenvalue weighted by Gasteiger charge is 2.44. The Bertz CT molecular complexity index is 2090. The van der Waals surface area contributed by atoms with Gasteiger partial charge in [0.05, 0.1) is 36.8 Å². The van der Waals surface area contributed by atoms with Crippen molar-refractivity contribution in [2.45, 2.75) is 57.0 Å². The number of nitrogens with zero attached hydrogens (tertiary/aromatic N) is 3. The number of carbonyl (C=O) groups excluding carboxylic acids is 3. The molecule has 1 fully saturated rings. The van der Waals surface area contributed by atoms with Gasteiger partial charge in [0.15, 0.2) is 0 Å². The third-order valence-electron chi connectivity index (χ3n) is 11.4. The van der Waals surface area contributed by atoms with E-state index in [0.717, 1.165) is 49.4 Å². The first-order valence-electron chi connectivity index (χ1n) is 18.3. The molecule has 1 N–H and O–H groups in total. The maximum Gasteiger partial charge on any atom is 0.354 e. The molecule has 3 aromatic rings. The molecule has 0 saturated heterocycles. The van der Waals surface area contributed by atoms with E-state index in [2.05, 4.69) is 32.2 Å². The second-order valence-corrected chi connectivity index (χ2v) is 17.5. The van der Waals surface area contributed by atoms with E-state index in [1.165, 1.54) is 35.1 Å². The molecular weight excluding hydrogens is 716 g/mol. The number of rotatable bonds is 4. The highest BCUT2D eigenvalue weighted by Crippen LogP contribution is 2.47. The van der Waals surface area contributed by atoms with Gasteiger partial charge in [0.25, 0.3) is 11.8 Å². The molecule has 13 heteroatoms. The molecule has 2 aliphatic heterocycles. The van der Waals surface area contributed by atoms with Crippen molar-refractivity contribution >= 4 is 45.0 Å². The Labute approximate surface area is 316 Å². The minimum Gasteiger partial charge on any atom is -0.490 e. The summed E-state index contributed by atoms with van der Waals surface area (Å²) in [4.78, 5) is 42.2. The quantitative estimate of drug-likeness (QED) is 0.235. The summed E-state index contributed by atoms with van der Waals surface area (Å²) in [5.41, 5.74) is 3.49.